The molecule has 3 rings (SSSR count). The normalized spacial score (nSPS) is 14.0. The molecule has 0 N–H and O–H groups in total. The number of fused-ring (bicyclic) bond motifs is 1. The number of carbonyl (C=O) groups excluding carboxylic acids is 1. The Morgan fingerprint density at radius 2 is 1.89 bits per heavy atom. The third kappa shape index (κ3) is 4.42. The fourth-order valence-corrected chi connectivity index (χ4v) is 4.03. The molecule has 0 spiro atoms. The van der Waals surface area contributed by atoms with Crippen LogP contribution in [-0.4, -0.2) is 55.2 Å². The third-order valence-electron chi connectivity index (χ3n) is 4.86. The Bertz CT molecular complexity index is 803. The number of aromatic nitrogens is 1. The number of likely N-dealkylation sites (N-methyl/N-ethyl adjacent to an activating group) is 1. The molecule has 0 bridgehead atoms. The summed E-state index contributed by atoms with van der Waals surface area (Å²) in [5.41, 5.74) is 3.35. The molecule has 2 heterocycles. The van der Waals surface area contributed by atoms with Crippen LogP contribution in [0, 0.1) is 13.8 Å². The molecule has 1 aliphatic heterocycles. The van der Waals surface area contributed by atoms with E-state index in [-0.39, 0.29) is 11.7 Å². The van der Waals surface area contributed by atoms with Crippen LogP contribution >= 0.6 is 11.3 Å². The highest BCUT2D eigenvalue weighted by Crippen LogP contribution is 2.31. The van der Waals surface area contributed by atoms with Gasteiger partial charge in [0.05, 0.1) is 10.2 Å². The zero-order valence-corrected chi connectivity index (χ0v) is 17.3. The largest absolute Gasteiger partial charge is 0.494 e. The molecule has 0 aliphatic carbocycles. The number of nitrogens with zero attached hydrogens (tertiary/aromatic N) is 3. The summed E-state index contributed by atoms with van der Waals surface area (Å²) in [6.07, 6.45) is 1.41. The van der Waals surface area contributed by atoms with Crippen molar-refractivity contribution in [2.24, 2.45) is 0 Å². The van der Waals surface area contributed by atoms with E-state index in [4.69, 9.17) is 14.5 Å². The number of anilines is 1. The minimum atomic E-state index is -0.200. The van der Waals surface area contributed by atoms with Gasteiger partial charge in [-0.15, -0.1) is 0 Å². The number of rotatable bonds is 7. The molecular formula is C20H27N3O3S. The molecule has 0 radical (unpaired) electrons. The summed E-state index contributed by atoms with van der Waals surface area (Å²) in [5, 5.41) is 0.697. The number of amides is 1. The predicted octanol–water partition coefficient (Wildman–Crippen LogP) is 3.48. The van der Waals surface area contributed by atoms with Crippen molar-refractivity contribution in [1.82, 2.24) is 9.88 Å². The maximum atomic E-state index is 13.1. The highest BCUT2D eigenvalue weighted by Gasteiger charge is 2.26. The second-order valence-electron chi connectivity index (χ2n) is 6.59. The van der Waals surface area contributed by atoms with Gasteiger partial charge in [-0.1, -0.05) is 25.2 Å². The maximum Gasteiger partial charge on any atom is 0.298 e. The number of hydrogen-bond donors (Lipinski definition) is 0. The zero-order valence-electron chi connectivity index (χ0n) is 16.4. The number of carbonyl (C=O) groups is 1. The summed E-state index contributed by atoms with van der Waals surface area (Å²) in [6, 6.07) is 4.22. The lowest BCUT2D eigenvalue weighted by molar-refractivity contribution is -0.119. The van der Waals surface area contributed by atoms with E-state index in [9.17, 15) is 4.79 Å². The number of hydrogen-bond acceptors (Lipinski definition) is 6. The summed E-state index contributed by atoms with van der Waals surface area (Å²) in [7, 11) is 0. The molecule has 1 aromatic carbocycles. The van der Waals surface area contributed by atoms with Crippen LogP contribution in [0.4, 0.5) is 5.13 Å². The molecule has 0 atom stereocenters. The molecular weight excluding hydrogens is 362 g/mol. The van der Waals surface area contributed by atoms with E-state index in [1.165, 1.54) is 28.7 Å². The highest BCUT2D eigenvalue weighted by atomic mass is 32.1. The zero-order chi connectivity index (χ0) is 19.4. The van der Waals surface area contributed by atoms with Gasteiger partial charge in [-0.2, -0.15) is 0 Å². The first kappa shape index (κ1) is 19.6. The quantitative estimate of drug-likeness (QED) is 0.726. The third-order valence-corrected chi connectivity index (χ3v) is 5.90. The van der Waals surface area contributed by atoms with Crippen molar-refractivity contribution in [3.05, 3.63) is 35.3 Å². The molecule has 6 nitrogen and oxygen atoms in total. The van der Waals surface area contributed by atoms with Gasteiger partial charge in [0.15, 0.2) is 5.13 Å². The topological polar surface area (TPSA) is 54.9 Å². The Labute approximate surface area is 164 Å². The molecule has 146 valence electrons. The molecule has 0 saturated carbocycles. The van der Waals surface area contributed by atoms with Crippen LogP contribution in [0.1, 0.15) is 25.0 Å². The van der Waals surface area contributed by atoms with Crippen LogP contribution in [0.3, 0.4) is 0 Å². The van der Waals surface area contributed by atoms with Crippen LogP contribution in [-0.2, 0) is 14.3 Å². The smallest absolute Gasteiger partial charge is 0.298 e. The number of ether oxygens (including phenoxy) is 2. The van der Waals surface area contributed by atoms with Crippen LogP contribution in [0.15, 0.2) is 24.2 Å². The highest BCUT2D eigenvalue weighted by molar-refractivity contribution is 7.22. The molecule has 1 aromatic heterocycles. The van der Waals surface area contributed by atoms with Crippen LogP contribution in [0.2, 0.25) is 0 Å². The SMILES string of the molecule is CCN(CC)CCN(C(=O)C1=COCCO1)c1nc2cc(C)c(C)cc2s1. The van der Waals surface area contributed by atoms with Crippen molar-refractivity contribution in [2.45, 2.75) is 27.7 Å². The minimum absolute atomic E-state index is 0.200. The van der Waals surface area contributed by atoms with E-state index in [0.717, 1.165) is 29.9 Å². The summed E-state index contributed by atoms with van der Waals surface area (Å²) in [5.74, 6) is 0.0433. The molecule has 1 aliphatic rings. The van der Waals surface area contributed by atoms with Crippen LogP contribution < -0.4 is 4.90 Å². The van der Waals surface area contributed by atoms with Gasteiger partial charge >= 0.3 is 0 Å². The van der Waals surface area contributed by atoms with E-state index < -0.39 is 0 Å². The summed E-state index contributed by atoms with van der Waals surface area (Å²) >= 11 is 1.54. The Kier molecular flexibility index (Phi) is 6.34. The van der Waals surface area contributed by atoms with E-state index in [1.807, 2.05) is 0 Å². The monoisotopic (exact) mass is 389 g/mol. The van der Waals surface area contributed by atoms with Crippen LogP contribution in [0.25, 0.3) is 10.2 Å². The first-order chi connectivity index (χ1) is 13.0. The fraction of sp³-hybridized carbons (Fsp3) is 0.500. The predicted molar refractivity (Wildman–Crippen MR) is 109 cm³/mol. The first-order valence-corrected chi connectivity index (χ1v) is 10.2. The van der Waals surface area contributed by atoms with Gasteiger partial charge in [-0.05, 0) is 50.2 Å². The van der Waals surface area contributed by atoms with E-state index in [2.05, 4.69) is 44.7 Å². The van der Waals surface area contributed by atoms with Crippen molar-refractivity contribution in [1.29, 1.82) is 0 Å². The molecule has 1 amide bonds. The minimum Gasteiger partial charge on any atom is -0.494 e. The van der Waals surface area contributed by atoms with Crippen LogP contribution in [0.5, 0.6) is 0 Å². The van der Waals surface area contributed by atoms with Gasteiger partial charge < -0.3 is 14.4 Å². The lowest BCUT2D eigenvalue weighted by Gasteiger charge is -2.26. The Morgan fingerprint density at radius 1 is 1.15 bits per heavy atom. The van der Waals surface area contributed by atoms with Crippen molar-refractivity contribution >= 4 is 32.6 Å². The molecule has 27 heavy (non-hydrogen) atoms. The summed E-state index contributed by atoms with van der Waals surface area (Å²) in [4.78, 5) is 21.8. The van der Waals surface area contributed by atoms with Crippen molar-refractivity contribution < 1.29 is 14.3 Å². The molecule has 7 heteroatoms. The molecule has 0 fully saturated rings. The number of aryl methyl sites for hydroxylation is 2. The molecule has 2 aromatic rings. The fourth-order valence-electron chi connectivity index (χ4n) is 2.96. The van der Waals surface area contributed by atoms with E-state index in [0.29, 0.717) is 24.9 Å². The average Bonchev–Trinajstić information content (AvgIpc) is 3.08. The second-order valence-corrected chi connectivity index (χ2v) is 7.59. The summed E-state index contributed by atoms with van der Waals surface area (Å²) < 4.78 is 11.9. The van der Waals surface area contributed by atoms with E-state index >= 15 is 0 Å². The van der Waals surface area contributed by atoms with Crippen molar-refractivity contribution in [2.75, 3.05) is 44.3 Å². The van der Waals surface area contributed by atoms with Gasteiger partial charge in [-0.25, -0.2) is 4.98 Å². The van der Waals surface area contributed by atoms with E-state index in [1.54, 1.807) is 4.90 Å². The molecule has 0 saturated heterocycles. The molecule has 0 unspecified atom stereocenters. The van der Waals surface area contributed by atoms with Gasteiger partial charge in [0.25, 0.3) is 5.91 Å². The number of benzene rings is 1. The van der Waals surface area contributed by atoms with Crippen molar-refractivity contribution in [3.8, 4) is 0 Å². The maximum absolute atomic E-state index is 13.1. The standard InChI is InChI=1S/C20H27N3O3S/c1-5-22(6-2)7-8-23(19(24)17-13-25-9-10-26-17)20-21-16-11-14(3)15(4)12-18(16)27-20/h11-13H,5-10H2,1-4H3. The average molecular weight is 390 g/mol. The second kappa shape index (κ2) is 8.71. The first-order valence-electron chi connectivity index (χ1n) is 9.40. The van der Waals surface area contributed by atoms with Gasteiger partial charge in [0.2, 0.25) is 5.76 Å². The van der Waals surface area contributed by atoms with Crippen molar-refractivity contribution in [3.63, 3.8) is 0 Å². The lowest BCUT2D eigenvalue weighted by Crippen LogP contribution is -2.40. The summed E-state index contributed by atoms with van der Waals surface area (Å²) in [6.45, 7) is 12.5. The Balaban J connectivity index is 1.92. The number of thiazole rings is 1. The van der Waals surface area contributed by atoms with Gasteiger partial charge in [0, 0.05) is 13.1 Å². The Morgan fingerprint density at radius 3 is 2.56 bits per heavy atom. The van der Waals surface area contributed by atoms with Gasteiger partial charge in [-0.3, -0.25) is 9.69 Å². The van der Waals surface area contributed by atoms with Gasteiger partial charge in [0.1, 0.15) is 19.5 Å². The lowest BCUT2D eigenvalue weighted by atomic mass is 10.1. The Hall–Kier alpha value is -2.12.